The van der Waals surface area contributed by atoms with Gasteiger partial charge in [0.2, 0.25) is 0 Å². The second-order valence-electron chi connectivity index (χ2n) is 4.14. The summed E-state index contributed by atoms with van der Waals surface area (Å²) in [5, 5.41) is 0. The number of rotatable bonds is 5. The van der Waals surface area contributed by atoms with Crippen molar-refractivity contribution in [3.8, 4) is 11.5 Å². The van der Waals surface area contributed by atoms with Crippen LogP contribution in [-0.2, 0) is 4.79 Å². The molecule has 1 aliphatic heterocycles. The van der Waals surface area contributed by atoms with Gasteiger partial charge in [-0.25, -0.2) is 0 Å². The lowest BCUT2D eigenvalue weighted by Crippen LogP contribution is -2.30. The lowest BCUT2D eigenvalue weighted by atomic mass is 10.2. The molecule has 0 spiro atoms. The number of para-hydroxylation sites is 1. The quantitative estimate of drug-likeness (QED) is 0.770. The standard InChI is InChI=1S/C13H13F2NO3/c1-3-7-16(8-9(2)17)10-5-4-6-11-12(10)19-13(14,15)18-11/h3-6H,1,7-8H2,2H3. The number of fused-ring (bicyclic) bond motifs is 1. The number of nitrogens with zero attached hydrogens (tertiary/aromatic N) is 1. The van der Waals surface area contributed by atoms with Crippen LogP contribution < -0.4 is 14.4 Å². The molecule has 0 unspecified atom stereocenters. The maximum Gasteiger partial charge on any atom is 0.586 e. The Balaban J connectivity index is 2.37. The smallest absolute Gasteiger partial charge is 0.395 e. The van der Waals surface area contributed by atoms with E-state index in [1.54, 1.807) is 23.1 Å². The molecular weight excluding hydrogens is 256 g/mol. The van der Waals surface area contributed by atoms with E-state index in [1.807, 2.05) is 0 Å². The number of anilines is 1. The van der Waals surface area contributed by atoms with Gasteiger partial charge in [-0.1, -0.05) is 12.1 Å². The molecule has 0 amide bonds. The molecule has 102 valence electrons. The molecule has 1 aliphatic rings. The average molecular weight is 269 g/mol. The van der Waals surface area contributed by atoms with Crippen molar-refractivity contribution >= 4 is 11.5 Å². The third-order valence-corrected chi connectivity index (χ3v) is 2.51. The summed E-state index contributed by atoms with van der Waals surface area (Å²) in [5.41, 5.74) is 0.379. The summed E-state index contributed by atoms with van der Waals surface area (Å²) >= 11 is 0. The topological polar surface area (TPSA) is 38.8 Å². The number of ketones is 1. The van der Waals surface area contributed by atoms with Gasteiger partial charge in [-0.2, -0.15) is 0 Å². The first-order valence-corrected chi connectivity index (χ1v) is 5.67. The minimum absolute atomic E-state index is 0.0416. The van der Waals surface area contributed by atoms with Gasteiger partial charge in [0.1, 0.15) is 5.78 Å². The Morgan fingerprint density at radius 1 is 1.47 bits per heavy atom. The van der Waals surface area contributed by atoms with E-state index in [1.165, 1.54) is 13.0 Å². The normalized spacial score (nSPS) is 15.1. The Kier molecular flexibility index (Phi) is 3.42. The van der Waals surface area contributed by atoms with E-state index in [-0.39, 0.29) is 23.8 Å². The lowest BCUT2D eigenvalue weighted by Gasteiger charge is -2.23. The molecule has 1 aromatic carbocycles. The third-order valence-electron chi connectivity index (χ3n) is 2.51. The van der Waals surface area contributed by atoms with E-state index in [4.69, 9.17) is 0 Å². The molecular formula is C13H13F2NO3. The van der Waals surface area contributed by atoms with Gasteiger partial charge in [-0.15, -0.1) is 15.4 Å². The first-order chi connectivity index (χ1) is 8.93. The Bertz CT molecular complexity index is 517. The van der Waals surface area contributed by atoms with Gasteiger partial charge in [0.05, 0.1) is 12.2 Å². The number of benzene rings is 1. The molecule has 1 aromatic rings. The van der Waals surface area contributed by atoms with E-state index in [0.717, 1.165) is 0 Å². The first-order valence-electron chi connectivity index (χ1n) is 5.67. The molecule has 0 atom stereocenters. The monoisotopic (exact) mass is 269 g/mol. The Hall–Kier alpha value is -2.11. The summed E-state index contributed by atoms with van der Waals surface area (Å²) in [6, 6.07) is 4.55. The SMILES string of the molecule is C=CCN(CC(C)=O)c1cccc2c1OC(F)(F)O2. The summed E-state index contributed by atoms with van der Waals surface area (Å²) in [5.74, 6) is -0.194. The molecule has 6 heteroatoms. The molecule has 0 aliphatic carbocycles. The van der Waals surface area contributed by atoms with Crippen LogP contribution in [0.3, 0.4) is 0 Å². The number of Topliss-reactive ketones (excluding diaryl/α,β-unsaturated/α-hetero) is 1. The zero-order chi connectivity index (χ0) is 14.0. The summed E-state index contributed by atoms with van der Waals surface area (Å²) in [6.45, 7) is 5.42. The number of hydrogen-bond donors (Lipinski definition) is 0. The summed E-state index contributed by atoms with van der Waals surface area (Å²) in [4.78, 5) is 12.8. The predicted octanol–water partition coefficient (Wildman–Crippen LogP) is 2.59. The van der Waals surface area contributed by atoms with Crippen molar-refractivity contribution < 1.29 is 23.0 Å². The van der Waals surface area contributed by atoms with Crippen LogP contribution in [0.5, 0.6) is 11.5 Å². The molecule has 0 radical (unpaired) electrons. The van der Waals surface area contributed by atoms with Gasteiger partial charge in [-0.3, -0.25) is 4.79 Å². The van der Waals surface area contributed by atoms with E-state index >= 15 is 0 Å². The van der Waals surface area contributed by atoms with Crippen LogP contribution in [0.2, 0.25) is 0 Å². The van der Waals surface area contributed by atoms with Crippen LogP contribution in [0, 0.1) is 0 Å². The Labute approximate surface area is 109 Å². The molecule has 4 nitrogen and oxygen atoms in total. The number of halogens is 2. The highest BCUT2D eigenvalue weighted by Gasteiger charge is 2.45. The molecule has 0 saturated carbocycles. The Morgan fingerprint density at radius 3 is 2.84 bits per heavy atom. The van der Waals surface area contributed by atoms with Crippen molar-refractivity contribution in [1.29, 1.82) is 0 Å². The fourth-order valence-corrected chi connectivity index (χ4v) is 1.88. The van der Waals surface area contributed by atoms with Crippen molar-refractivity contribution in [2.45, 2.75) is 13.2 Å². The van der Waals surface area contributed by atoms with Crippen LogP contribution in [0.1, 0.15) is 6.92 Å². The van der Waals surface area contributed by atoms with Crippen LogP contribution in [-0.4, -0.2) is 25.2 Å². The summed E-state index contributed by atoms with van der Waals surface area (Å²) < 4.78 is 35.0. The fraction of sp³-hybridized carbons (Fsp3) is 0.308. The second kappa shape index (κ2) is 4.87. The number of hydrogen-bond acceptors (Lipinski definition) is 4. The minimum atomic E-state index is -3.67. The van der Waals surface area contributed by atoms with Crippen molar-refractivity contribution in [2.75, 3.05) is 18.0 Å². The molecule has 1 heterocycles. The van der Waals surface area contributed by atoms with Crippen molar-refractivity contribution in [1.82, 2.24) is 0 Å². The van der Waals surface area contributed by atoms with Gasteiger partial charge >= 0.3 is 6.29 Å². The highest BCUT2D eigenvalue weighted by Crippen LogP contribution is 2.46. The van der Waals surface area contributed by atoms with E-state index < -0.39 is 6.29 Å². The second-order valence-corrected chi connectivity index (χ2v) is 4.14. The lowest BCUT2D eigenvalue weighted by molar-refractivity contribution is -0.286. The molecule has 2 rings (SSSR count). The zero-order valence-electron chi connectivity index (χ0n) is 10.4. The number of carbonyl (C=O) groups is 1. The van der Waals surface area contributed by atoms with Crippen molar-refractivity contribution in [2.24, 2.45) is 0 Å². The van der Waals surface area contributed by atoms with Gasteiger partial charge in [0.15, 0.2) is 11.5 Å². The molecule has 0 bridgehead atoms. The van der Waals surface area contributed by atoms with Gasteiger partial charge in [0.25, 0.3) is 0 Å². The van der Waals surface area contributed by atoms with Crippen LogP contribution in [0.15, 0.2) is 30.9 Å². The molecule has 0 saturated heterocycles. The summed E-state index contributed by atoms with van der Waals surface area (Å²) in [6.07, 6.45) is -2.09. The number of ether oxygens (including phenoxy) is 2. The molecule has 0 fully saturated rings. The molecule has 0 aromatic heterocycles. The van der Waals surface area contributed by atoms with Gasteiger partial charge in [0, 0.05) is 6.54 Å². The molecule has 0 N–H and O–H groups in total. The summed E-state index contributed by atoms with van der Waals surface area (Å²) in [7, 11) is 0. The number of carbonyl (C=O) groups excluding carboxylic acids is 1. The first kappa shape index (κ1) is 13.3. The van der Waals surface area contributed by atoms with Crippen molar-refractivity contribution in [3.63, 3.8) is 0 Å². The van der Waals surface area contributed by atoms with E-state index in [2.05, 4.69) is 16.1 Å². The van der Waals surface area contributed by atoms with Crippen LogP contribution in [0.4, 0.5) is 14.5 Å². The predicted molar refractivity (Wildman–Crippen MR) is 65.7 cm³/mol. The highest BCUT2D eigenvalue weighted by molar-refractivity contribution is 5.82. The van der Waals surface area contributed by atoms with Crippen LogP contribution in [0.25, 0.3) is 0 Å². The number of alkyl halides is 2. The van der Waals surface area contributed by atoms with E-state index in [9.17, 15) is 13.6 Å². The zero-order valence-corrected chi connectivity index (χ0v) is 10.4. The maximum absolute atomic E-state index is 13.1. The Morgan fingerprint density at radius 2 is 2.21 bits per heavy atom. The third kappa shape index (κ3) is 2.83. The maximum atomic E-state index is 13.1. The van der Waals surface area contributed by atoms with Gasteiger partial charge in [-0.05, 0) is 19.1 Å². The highest BCUT2D eigenvalue weighted by atomic mass is 19.3. The van der Waals surface area contributed by atoms with E-state index in [0.29, 0.717) is 12.2 Å². The fourth-order valence-electron chi connectivity index (χ4n) is 1.88. The minimum Gasteiger partial charge on any atom is -0.395 e. The average Bonchev–Trinajstić information content (AvgIpc) is 2.61. The van der Waals surface area contributed by atoms with Gasteiger partial charge < -0.3 is 14.4 Å². The molecule has 19 heavy (non-hydrogen) atoms. The largest absolute Gasteiger partial charge is 0.586 e. The van der Waals surface area contributed by atoms with Crippen LogP contribution >= 0.6 is 0 Å². The van der Waals surface area contributed by atoms with Crippen molar-refractivity contribution in [3.05, 3.63) is 30.9 Å².